The van der Waals surface area contributed by atoms with Crippen LogP contribution in [-0.2, 0) is 16.0 Å². The van der Waals surface area contributed by atoms with Crippen molar-refractivity contribution in [3.8, 4) is 0 Å². The zero-order chi connectivity index (χ0) is 14.0. The average molecular weight is 267 g/mol. The summed E-state index contributed by atoms with van der Waals surface area (Å²) in [6, 6.07) is 2.10. The van der Waals surface area contributed by atoms with Gasteiger partial charge in [-0.3, -0.25) is 0 Å². The van der Waals surface area contributed by atoms with E-state index in [1.807, 2.05) is 0 Å². The van der Waals surface area contributed by atoms with E-state index in [-0.39, 0.29) is 11.4 Å². The van der Waals surface area contributed by atoms with E-state index in [1.165, 1.54) is 13.4 Å². The van der Waals surface area contributed by atoms with Crippen LogP contribution in [0.25, 0.3) is 0 Å². The molecule has 0 aliphatic heterocycles. The van der Waals surface area contributed by atoms with Gasteiger partial charge >= 0.3 is 5.97 Å². The second-order valence-corrected chi connectivity index (χ2v) is 5.51. The summed E-state index contributed by atoms with van der Waals surface area (Å²) in [7, 11) is 3.10. The van der Waals surface area contributed by atoms with E-state index < -0.39 is 0 Å². The molecule has 19 heavy (non-hydrogen) atoms. The SMILES string of the molecule is COC(=O)c1coc(CNC2CC(OC)C2(C)C)c1. The molecular formula is C14H21NO4. The van der Waals surface area contributed by atoms with Gasteiger partial charge in [0.25, 0.3) is 0 Å². The van der Waals surface area contributed by atoms with Crippen LogP contribution in [0.3, 0.4) is 0 Å². The number of methoxy groups -OCH3 is 2. The lowest BCUT2D eigenvalue weighted by atomic mass is 9.64. The number of hydrogen-bond acceptors (Lipinski definition) is 5. The predicted octanol–water partition coefficient (Wildman–Crippen LogP) is 1.97. The normalized spacial score (nSPS) is 24.8. The van der Waals surface area contributed by atoms with Crippen molar-refractivity contribution in [2.45, 2.75) is 39.0 Å². The van der Waals surface area contributed by atoms with Crippen LogP contribution < -0.4 is 5.32 Å². The monoisotopic (exact) mass is 267 g/mol. The third-order valence-corrected chi connectivity index (χ3v) is 4.06. The topological polar surface area (TPSA) is 60.7 Å². The smallest absolute Gasteiger partial charge is 0.341 e. The molecular weight excluding hydrogens is 246 g/mol. The summed E-state index contributed by atoms with van der Waals surface area (Å²) >= 11 is 0. The fraction of sp³-hybridized carbons (Fsp3) is 0.643. The summed E-state index contributed by atoms with van der Waals surface area (Å²) in [5, 5.41) is 3.43. The molecule has 5 nitrogen and oxygen atoms in total. The number of ether oxygens (including phenoxy) is 2. The highest BCUT2D eigenvalue weighted by Gasteiger charge is 2.48. The Balaban J connectivity index is 1.87. The van der Waals surface area contributed by atoms with E-state index in [0.29, 0.717) is 24.3 Å². The third kappa shape index (κ3) is 2.67. The second kappa shape index (κ2) is 5.35. The number of furan rings is 1. The maximum absolute atomic E-state index is 11.3. The molecule has 5 heteroatoms. The van der Waals surface area contributed by atoms with Crippen molar-refractivity contribution in [3.63, 3.8) is 0 Å². The molecule has 0 saturated heterocycles. The van der Waals surface area contributed by atoms with Crippen LogP contribution in [0.1, 0.15) is 36.4 Å². The number of rotatable bonds is 5. The number of esters is 1. The molecule has 0 spiro atoms. The standard InChI is InChI=1S/C14H21NO4/c1-14(2)11(6-12(14)17-3)15-7-10-5-9(8-19-10)13(16)18-4/h5,8,11-12,15H,6-7H2,1-4H3. The summed E-state index contributed by atoms with van der Waals surface area (Å²) < 4.78 is 15.4. The van der Waals surface area contributed by atoms with Crippen molar-refractivity contribution in [1.29, 1.82) is 0 Å². The van der Waals surface area contributed by atoms with E-state index in [0.717, 1.165) is 12.2 Å². The molecule has 1 aliphatic carbocycles. The highest BCUT2D eigenvalue weighted by Crippen LogP contribution is 2.42. The first kappa shape index (κ1) is 14.1. The second-order valence-electron chi connectivity index (χ2n) is 5.51. The van der Waals surface area contributed by atoms with Gasteiger partial charge in [0, 0.05) is 18.6 Å². The van der Waals surface area contributed by atoms with Crippen LogP contribution >= 0.6 is 0 Å². The Kier molecular flexibility index (Phi) is 3.96. The molecule has 2 atom stereocenters. The van der Waals surface area contributed by atoms with Crippen molar-refractivity contribution >= 4 is 5.97 Å². The molecule has 1 heterocycles. The molecule has 1 fully saturated rings. The average Bonchev–Trinajstić information content (AvgIpc) is 2.85. The lowest BCUT2D eigenvalue weighted by molar-refractivity contribution is -0.0982. The zero-order valence-corrected chi connectivity index (χ0v) is 11.9. The summed E-state index contributed by atoms with van der Waals surface area (Å²) in [5.41, 5.74) is 0.564. The largest absolute Gasteiger partial charge is 0.467 e. The van der Waals surface area contributed by atoms with Gasteiger partial charge in [0.1, 0.15) is 12.0 Å². The van der Waals surface area contributed by atoms with Gasteiger partial charge in [-0.25, -0.2) is 4.79 Å². The number of carbonyl (C=O) groups is 1. The third-order valence-electron chi connectivity index (χ3n) is 4.06. The van der Waals surface area contributed by atoms with Crippen LogP contribution in [0.2, 0.25) is 0 Å². The molecule has 1 saturated carbocycles. The zero-order valence-electron chi connectivity index (χ0n) is 11.9. The summed E-state index contributed by atoms with van der Waals surface area (Å²) in [4.78, 5) is 11.3. The Morgan fingerprint density at radius 1 is 1.53 bits per heavy atom. The van der Waals surface area contributed by atoms with E-state index in [2.05, 4.69) is 23.9 Å². The fourth-order valence-electron chi connectivity index (χ4n) is 2.55. The van der Waals surface area contributed by atoms with Crippen LogP contribution in [0.5, 0.6) is 0 Å². The van der Waals surface area contributed by atoms with Gasteiger partial charge in [0.2, 0.25) is 0 Å². The van der Waals surface area contributed by atoms with Gasteiger partial charge in [-0.15, -0.1) is 0 Å². The van der Waals surface area contributed by atoms with Gasteiger partial charge in [-0.2, -0.15) is 0 Å². The number of hydrogen-bond donors (Lipinski definition) is 1. The maximum Gasteiger partial charge on any atom is 0.341 e. The lowest BCUT2D eigenvalue weighted by Gasteiger charge is -2.51. The molecule has 1 aromatic heterocycles. The first-order chi connectivity index (χ1) is 8.98. The molecule has 1 aromatic rings. The van der Waals surface area contributed by atoms with Crippen molar-refractivity contribution in [2.75, 3.05) is 14.2 Å². The Hall–Kier alpha value is -1.33. The predicted molar refractivity (Wildman–Crippen MR) is 69.9 cm³/mol. The molecule has 106 valence electrons. The Bertz CT molecular complexity index is 452. The van der Waals surface area contributed by atoms with Gasteiger partial charge < -0.3 is 19.2 Å². The van der Waals surface area contributed by atoms with Crippen molar-refractivity contribution in [2.24, 2.45) is 5.41 Å². The van der Waals surface area contributed by atoms with Crippen LogP contribution in [0, 0.1) is 5.41 Å². The fourth-order valence-corrected chi connectivity index (χ4v) is 2.55. The molecule has 0 aromatic carbocycles. The van der Waals surface area contributed by atoms with Gasteiger partial charge in [-0.05, 0) is 12.5 Å². The van der Waals surface area contributed by atoms with Crippen molar-refractivity contribution < 1.29 is 18.7 Å². The number of carbonyl (C=O) groups excluding carboxylic acids is 1. The van der Waals surface area contributed by atoms with Gasteiger partial charge in [-0.1, -0.05) is 13.8 Å². The summed E-state index contributed by atoms with van der Waals surface area (Å²) in [6.07, 6.45) is 2.72. The Morgan fingerprint density at radius 3 is 2.84 bits per heavy atom. The van der Waals surface area contributed by atoms with Crippen molar-refractivity contribution in [3.05, 3.63) is 23.7 Å². The first-order valence-corrected chi connectivity index (χ1v) is 6.41. The molecule has 2 rings (SSSR count). The molecule has 0 amide bonds. The van der Waals surface area contributed by atoms with Crippen LogP contribution in [-0.4, -0.2) is 32.3 Å². The van der Waals surface area contributed by atoms with Gasteiger partial charge in [0.15, 0.2) is 0 Å². The minimum Gasteiger partial charge on any atom is -0.467 e. The van der Waals surface area contributed by atoms with E-state index in [9.17, 15) is 4.79 Å². The molecule has 1 N–H and O–H groups in total. The molecule has 0 radical (unpaired) electrons. The molecule has 0 bridgehead atoms. The number of nitrogens with one attached hydrogen (secondary N) is 1. The highest BCUT2D eigenvalue weighted by atomic mass is 16.5. The van der Waals surface area contributed by atoms with Crippen LogP contribution in [0.15, 0.2) is 16.7 Å². The summed E-state index contributed by atoms with van der Waals surface area (Å²) in [6.45, 7) is 4.97. The van der Waals surface area contributed by atoms with Crippen molar-refractivity contribution in [1.82, 2.24) is 5.32 Å². The van der Waals surface area contributed by atoms with E-state index in [1.54, 1.807) is 13.2 Å². The minimum absolute atomic E-state index is 0.118. The first-order valence-electron chi connectivity index (χ1n) is 6.41. The maximum atomic E-state index is 11.3. The Labute approximate surface area is 113 Å². The molecule has 2 unspecified atom stereocenters. The summed E-state index contributed by atoms with van der Waals surface area (Å²) in [5.74, 6) is 0.357. The lowest BCUT2D eigenvalue weighted by Crippen LogP contribution is -2.60. The Morgan fingerprint density at radius 2 is 2.26 bits per heavy atom. The van der Waals surface area contributed by atoms with E-state index >= 15 is 0 Å². The van der Waals surface area contributed by atoms with E-state index in [4.69, 9.17) is 9.15 Å². The van der Waals surface area contributed by atoms with Gasteiger partial charge in [0.05, 0.1) is 25.3 Å². The molecule has 1 aliphatic rings. The highest BCUT2D eigenvalue weighted by molar-refractivity contribution is 5.88. The quantitative estimate of drug-likeness (QED) is 0.826. The minimum atomic E-state index is -0.376. The van der Waals surface area contributed by atoms with Crippen LogP contribution in [0.4, 0.5) is 0 Å².